The van der Waals surface area contributed by atoms with Crippen molar-refractivity contribution in [3.05, 3.63) is 0 Å². The number of rotatable bonds is 7. The fourth-order valence-electron chi connectivity index (χ4n) is 1.84. The maximum atomic E-state index is 11.4. The molecule has 0 aromatic rings. The molecular formula is C11H23N3O3. The average Bonchev–Trinajstić information content (AvgIpc) is 2.30. The second kappa shape index (κ2) is 8.41. The number of piperazine rings is 1. The lowest BCUT2D eigenvalue weighted by molar-refractivity contribution is -0.121. The molecule has 1 aliphatic rings. The molecule has 1 heterocycles. The van der Waals surface area contributed by atoms with Gasteiger partial charge in [0, 0.05) is 38.6 Å². The molecule has 5 N–H and O–H groups in total. The van der Waals surface area contributed by atoms with Crippen LogP contribution >= 0.6 is 0 Å². The van der Waals surface area contributed by atoms with Gasteiger partial charge in [0.1, 0.15) is 0 Å². The molecule has 1 rings (SSSR count). The smallest absolute Gasteiger partial charge is 0.219 e. The van der Waals surface area contributed by atoms with Crippen molar-refractivity contribution in [1.82, 2.24) is 16.0 Å². The SMILES string of the molecule is O=C(CCCC(O)O)NCCC1CNCCN1. The third kappa shape index (κ3) is 7.27. The van der Waals surface area contributed by atoms with Crippen LogP contribution in [-0.2, 0) is 4.79 Å². The second-order valence-corrected chi connectivity index (χ2v) is 4.37. The van der Waals surface area contributed by atoms with Crippen LogP contribution in [0.5, 0.6) is 0 Å². The molecule has 100 valence electrons. The molecule has 1 atom stereocenters. The fraction of sp³-hybridized carbons (Fsp3) is 0.909. The van der Waals surface area contributed by atoms with Gasteiger partial charge < -0.3 is 26.2 Å². The highest BCUT2D eigenvalue weighted by molar-refractivity contribution is 5.75. The summed E-state index contributed by atoms with van der Waals surface area (Å²) in [5, 5.41) is 26.7. The Morgan fingerprint density at radius 3 is 2.88 bits per heavy atom. The minimum atomic E-state index is -1.31. The van der Waals surface area contributed by atoms with E-state index in [1.807, 2.05) is 0 Å². The molecule has 0 bridgehead atoms. The monoisotopic (exact) mass is 245 g/mol. The normalized spacial score (nSPS) is 20.5. The van der Waals surface area contributed by atoms with Crippen LogP contribution in [0.3, 0.4) is 0 Å². The molecule has 1 saturated heterocycles. The Morgan fingerprint density at radius 1 is 1.41 bits per heavy atom. The zero-order chi connectivity index (χ0) is 12.5. The van der Waals surface area contributed by atoms with Gasteiger partial charge in [-0.1, -0.05) is 0 Å². The van der Waals surface area contributed by atoms with Crippen molar-refractivity contribution in [3.8, 4) is 0 Å². The first-order valence-electron chi connectivity index (χ1n) is 6.25. The van der Waals surface area contributed by atoms with Crippen LogP contribution in [0.2, 0.25) is 0 Å². The number of amides is 1. The van der Waals surface area contributed by atoms with E-state index < -0.39 is 6.29 Å². The number of hydrogen-bond acceptors (Lipinski definition) is 5. The zero-order valence-electron chi connectivity index (χ0n) is 10.1. The highest BCUT2D eigenvalue weighted by Gasteiger charge is 2.11. The molecule has 0 saturated carbocycles. The van der Waals surface area contributed by atoms with E-state index >= 15 is 0 Å². The molecule has 0 radical (unpaired) electrons. The lowest BCUT2D eigenvalue weighted by atomic mass is 10.1. The van der Waals surface area contributed by atoms with Crippen molar-refractivity contribution in [2.45, 2.75) is 38.0 Å². The molecule has 1 unspecified atom stereocenters. The molecule has 17 heavy (non-hydrogen) atoms. The Morgan fingerprint density at radius 2 is 2.24 bits per heavy atom. The molecule has 1 fully saturated rings. The largest absolute Gasteiger partial charge is 0.368 e. The van der Waals surface area contributed by atoms with Gasteiger partial charge in [-0.05, 0) is 19.3 Å². The van der Waals surface area contributed by atoms with Crippen molar-refractivity contribution in [1.29, 1.82) is 0 Å². The van der Waals surface area contributed by atoms with Gasteiger partial charge in [0.05, 0.1) is 0 Å². The number of nitrogens with one attached hydrogen (secondary N) is 3. The van der Waals surface area contributed by atoms with E-state index in [1.165, 1.54) is 0 Å². The Bertz CT molecular complexity index is 218. The lowest BCUT2D eigenvalue weighted by Gasteiger charge is -2.24. The predicted molar refractivity (Wildman–Crippen MR) is 64.4 cm³/mol. The van der Waals surface area contributed by atoms with Crippen molar-refractivity contribution in [2.24, 2.45) is 0 Å². The van der Waals surface area contributed by atoms with Crippen LogP contribution in [0.4, 0.5) is 0 Å². The quantitative estimate of drug-likeness (QED) is 0.353. The Balaban J connectivity index is 1.95. The average molecular weight is 245 g/mol. The van der Waals surface area contributed by atoms with Crippen LogP contribution in [0.15, 0.2) is 0 Å². The number of carbonyl (C=O) groups is 1. The van der Waals surface area contributed by atoms with Crippen LogP contribution in [0.25, 0.3) is 0 Å². The third-order valence-corrected chi connectivity index (χ3v) is 2.81. The first-order valence-corrected chi connectivity index (χ1v) is 6.25. The summed E-state index contributed by atoms with van der Waals surface area (Å²) in [5.41, 5.74) is 0. The minimum absolute atomic E-state index is 0.0191. The zero-order valence-corrected chi connectivity index (χ0v) is 10.1. The summed E-state index contributed by atoms with van der Waals surface area (Å²) >= 11 is 0. The standard InChI is InChI=1S/C11H23N3O3/c15-10(2-1-3-11(16)17)14-5-4-9-8-12-6-7-13-9/h9,11-13,16-17H,1-8H2,(H,14,15). The van der Waals surface area contributed by atoms with Crippen LogP contribution in [0.1, 0.15) is 25.7 Å². The summed E-state index contributed by atoms with van der Waals surface area (Å²) in [6.07, 6.45) is 0.726. The minimum Gasteiger partial charge on any atom is -0.368 e. The number of aliphatic hydroxyl groups excluding tert-OH is 1. The van der Waals surface area contributed by atoms with Crippen LogP contribution in [-0.4, -0.2) is 54.6 Å². The van der Waals surface area contributed by atoms with Crippen LogP contribution < -0.4 is 16.0 Å². The molecule has 6 heteroatoms. The molecule has 0 aromatic heterocycles. The van der Waals surface area contributed by atoms with Crippen molar-refractivity contribution < 1.29 is 15.0 Å². The van der Waals surface area contributed by atoms with E-state index in [2.05, 4.69) is 16.0 Å². The van der Waals surface area contributed by atoms with E-state index in [9.17, 15) is 4.79 Å². The third-order valence-electron chi connectivity index (χ3n) is 2.81. The summed E-state index contributed by atoms with van der Waals surface area (Å²) in [5.74, 6) is -0.0191. The van der Waals surface area contributed by atoms with E-state index in [-0.39, 0.29) is 12.3 Å². The molecule has 0 spiro atoms. The van der Waals surface area contributed by atoms with E-state index in [4.69, 9.17) is 10.2 Å². The fourth-order valence-corrected chi connectivity index (χ4v) is 1.84. The Kier molecular flexibility index (Phi) is 7.11. The van der Waals surface area contributed by atoms with E-state index in [1.54, 1.807) is 0 Å². The molecule has 0 aliphatic carbocycles. The van der Waals surface area contributed by atoms with Gasteiger partial charge in [0.2, 0.25) is 5.91 Å². The maximum absolute atomic E-state index is 11.4. The van der Waals surface area contributed by atoms with Gasteiger partial charge in [-0.25, -0.2) is 0 Å². The molecule has 1 aliphatic heterocycles. The van der Waals surface area contributed by atoms with Gasteiger partial charge in [0.25, 0.3) is 0 Å². The molecular weight excluding hydrogens is 222 g/mol. The lowest BCUT2D eigenvalue weighted by Crippen LogP contribution is -2.49. The van der Waals surface area contributed by atoms with E-state index in [0.717, 1.165) is 26.1 Å². The Labute approximate surface area is 102 Å². The van der Waals surface area contributed by atoms with Gasteiger partial charge in [-0.15, -0.1) is 0 Å². The van der Waals surface area contributed by atoms with E-state index in [0.29, 0.717) is 25.4 Å². The second-order valence-electron chi connectivity index (χ2n) is 4.37. The summed E-state index contributed by atoms with van der Waals surface area (Å²) in [6, 6.07) is 0.434. The number of aliphatic hydroxyl groups is 2. The maximum Gasteiger partial charge on any atom is 0.219 e. The van der Waals surface area contributed by atoms with Crippen LogP contribution in [0, 0.1) is 0 Å². The molecule has 0 aromatic carbocycles. The van der Waals surface area contributed by atoms with Gasteiger partial charge in [0.15, 0.2) is 6.29 Å². The van der Waals surface area contributed by atoms with Crippen molar-refractivity contribution >= 4 is 5.91 Å². The summed E-state index contributed by atoms with van der Waals surface area (Å²) in [7, 11) is 0. The van der Waals surface area contributed by atoms with Gasteiger partial charge in [-0.3, -0.25) is 4.79 Å². The first kappa shape index (κ1) is 14.4. The summed E-state index contributed by atoms with van der Waals surface area (Å²) in [4.78, 5) is 11.4. The summed E-state index contributed by atoms with van der Waals surface area (Å²) in [6.45, 7) is 3.60. The predicted octanol–water partition coefficient (Wildman–Crippen LogP) is -1.46. The molecule has 1 amide bonds. The summed E-state index contributed by atoms with van der Waals surface area (Å²) < 4.78 is 0. The number of hydrogen-bond donors (Lipinski definition) is 5. The highest BCUT2D eigenvalue weighted by Crippen LogP contribution is 1.98. The van der Waals surface area contributed by atoms with Gasteiger partial charge >= 0.3 is 0 Å². The Hall–Kier alpha value is -0.690. The van der Waals surface area contributed by atoms with Gasteiger partial charge in [-0.2, -0.15) is 0 Å². The first-order chi connectivity index (χ1) is 8.18. The topological polar surface area (TPSA) is 93.6 Å². The van der Waals surface area contributed by atoms with Crippen molar-refractivity contribution in [2.75, 3.05) is 26.2 Å². The number of carbonyl (C=O) groups excluding carboxylic acids is 1. The highest BCUT2D eigenvalue weighted by atomic mass is 16.5. The molecule has 6 nitrogen and oxygen atoms in total. The van der Waals surface area contributed by atoms with Crippen molar-refractivity contribution in [3.63, 3.8) is 0 Å².